The molecule has 0 aliphatic carbocycles. The number of carbonyl (C=O) groups is 17. The Balaban J connectivity index is 2.50. The monoisotopic (exact) mass is 1600 g/mol. The zero-order valence-electron chi connectivity index (χ0n) is 64.6. The molecule has 630 valence electrons. The number of aliphatic carboxylic acids is 2. The molecular weight excluding hydrogens is 1480 g/mol. The first-order valence-electron chi connectivity index (χ1n) is 37.6. The SMILES string of the molecule is CC(C)C[C@H](NC(=O)[C@H](CCCCN)NC(=O)[C@H](CCC(N)=O)NC(=O)[C@H](C)NC(=O)[C@H](Cc1ccccc1)NC(=O)[C@H](CCC(=O)O)NC(=O)[C@H](CO)NC(=O)CNC(=O)[C@@H](N)CC(N)=O)C(=O)N[C@@H](CC(C)C)C(=O)N[C@@H](CCCCN)C(=O)N[C@@H](CCCCN)C(=O)N[C@@H](Cc1ccccc1)C(=O)N[C@@H](CO)C(=O)O. The lowest BCUT2D eigenvalue weighted by molar-refractivity contribution is -0.143. The fourth-order valence-corrected chi connectivity index (χ4v) is 11.3. The van der Waals surface area contributed by atoms with Crippen molar-refractivity contribution in [2.75, 3.05) is 39.4 Å². The van der Waals surface area contributed by atoms with Gasteiger partial charge in [0, 0.05) is 25.7 Å². The van der Waals surface area contributed by atoms with E-state index < -0.39 is 231 Å². The molecule has 0 radical (unpaired) electrons. The summed E-state index contributed by atoms with van der Waals surface area (Å²) in [5.74, 6) is -18.1. The van der Waals surface area contributed by atoms with Crippen LogP contribution in [0.25, 0.3) is 0 Å². The van der Waals surface area contributed by atoms with Crippen molar-refractivity contribution in [3.63, 3.8) is 0 Å². The van der Waals surface area contributed by atoms with Crippen molar-refractivity contribution in [2.45, 2.75) is 229 Å². The summed E-state index contributed by atoms with van der Waals surface area (Å²) >= 11 is 0. The second-order valence-electron chi connectivity index (χ2n) is 28.1. The molecule has 0 aromatic heterocycles. The molecule has 29 N–H and O–H groups in total. The Kier molecular flexibility index (Phi) is 46.3. The van der Waals surface area contributed by atoms with Gasteiger partial charge in [0.15, 0.2) is 0 Å². The Morgan fingerprint density at radius 3 is 1.02 bits per heavy atom. The van der Waals surface area contributed by atoms with E-state index in [4.69, 9.17) is 34.4 Å². The Morgan fingerprint density at radius 1 is 0.354 bits per heavy atom. The standard InChI is InChI=1S/C73H117N19O21/c1-40(2)32-51(69(108)86-46(22-12-15-29-74)63(102)84-48(24-14-17-31-76)65(104)91-54(35-44-20-10-7-11-21-44)71(110)92-56(39-94)73(112)113)89-70(109)52(33-41(3)4)88-64(103)47(23-13-16-30-75)85-66(105)49(25-27-57(78)95)83-61(100)42(5)81-68(107)53(34-43-18-8-6-9-19-43)90-67(106)50(26-28-60(98)99)87-72(111)55(38-93)82-59(97)37-80-62(101)45(77)36-58(79)96/h6-11,18-21,40-42,45-56,93-94H,12-17,22-39,74-77H2,1-5H3,(H2,78,95)(H2,79,96)(H,80,101)(H,81,107)(H,82,97)(H,83,100)(H,84,102)(H,85,105)(H,86,108)(H,87,111)(H,88,103)(H,89,109)(H,90,106)(H,91,104)(H,92,110)(H,98,99)(H,112,113)/t42-,45-,46-,47-,48-,49-,50-,51-,52-,53-,54-,55-,56-/m0/s1. The predicted octanol–water partition coefficient (Wildman–Crippen LogP) is -6.69. The summed E-state index contributed by atoms with van der Waals surface area (Å²) in [6, 6.07) is -3.50. The number of nitrogens with one attached hydrogen (secondary N) is 13. The van der Waals surface area contributed by atoms with E-state index in [1.807, 2.05) is 0 Å². The zero-order chi connectivity index (χ0) is 84.9. The number of benzene rings is 2. The molecule has 15 amide bonds. The molecular formula is C73H117N19O21. The Labute approximate surface area is 655 Å². The fraction of sp³-hybridized carbons (Fsp3) is 0.603. The highest BCUT2D eigenvalue weighted by atomic mass is 16.4. The minimum atomic E-state index is -1.80. The van der Waals surface area contributed by atoms with Gasteiger partial charge < -0.3 is 124 Å². The van der Waals surface area contributed by atoms with E-state index in [0.717, 1.165) is 0 Å². The summed E-state index contributed by atoms with van der Waals surface area (Å²) in [5.41, 5.74) is 34.6. The fourth-order valence-electron chi connectivity index (χ4n) is 11.3. The number of carboxylic acid groups (broad SMARTS) is 2. The largest absolute Gasteiger partial charge is 0.481 e. The van der Waals surface area contributed by atoms with E-state index in [2.05, 4.69) is 69.1 Å². The van der Waals surface area contributed by atoms with Gasteiger partial charge in [-0.15, -0.1) is 0 Å². The molecule has 2 rings (SSSR count). The van der Waals surface area contributed by atoms with Crippen LogP contribution in [-0.4, -0.2) is 239 Å². The number of unbranched alkanes of at least 4 members (excludes halogenated alkanes) is 3. The number of nitrogens with two attached hydrogens (primary N) is 6. The first-order chi connectivity index (χ1) is 53.5. The van der Waals surface area contributed by atoms with Gasteiger partial charge in [0.25, 0.3) is 0 Å². The lowest BCUT2D eigenvalue weighted by Crippen LogP contribution is -2.61. The smallest absolute Gasteiger partial charge is 0.328 e. The molecule has 0 saturated carbocycles. The zero-order valence-corrected chi connectivity index (χ0v) is 64.6. The van der Waals surface area contributed by atoms with Gasteiger partial charge in [-0.2, -0.15) is 0 Å². The lowest BCUT2D eigenvalue weighted by Gasteiger charge is -2.29. The number of primary amides is 2. The van der Waals surface area contributed by atoms with Crippen molar-refractivity contribution in [1.82, 2.24) is 69.1 Å². The van der Waals surface area contributed by atoms with E-state index in [-0.39, 0.29) is 82.8 Å². The van der Waals surface area contributed by atoms with Crippen molar-refractivity contribution < 1.29 is 102 Å². The van der Waals surface area contributed by atoms with Crippen LogP contribution in [0.15, 0.2) is 60.7 Å². The van der Waals surface area contributed by atoms with E-state index in [1.54, 1.807) is 88.4 Å². The van der Waals surface area contributed by atoms with Gasteiger partial charge in [0.05, 0.1) is 32.2 Å². The number of hydrogen-bond donors (Lipinski definition) is 23. The van der Waals surface area contributed by atoms with Gasteiger partial charge in [0.2, 0.25) is 88.6 Å². The number of aliphatic hydroxyl groups excluding tert-OH is 2. The van der Waals surface area contributed by atoms with E-state index >= 15 is 0 Å². The number of carbonyl (C=O) groups excluding carboxylic acids is 15. The molecule has 113 heavy (non-hydrogen) atoms. The molecule has 40 nitrogen and oxygen atoms in total. The number of aliphatic hydroxyl groups is 2. The summed E-state index contributed by atoms with van der Waals surface area (Å²) in [7, 11) is 0. The molecule has 2 aromatic carbocycles. The molecule has 0 saturated heterocycles. The highest BCUT2D eigenvalue weighted by molar-refractivity contribution is 6.00. The summed E-state index contributed by atoms with van der Waals surface area (Å²) in [6.45, 7) is 5.92. The van der Waals surface area contributed by atoms with Crippen LogP contribution in [0.2, 0.25) is 0 Å². The van der Waals surface area contributed by atoms with Gasteiger partial charge in [-0.25, -0.2) is 4.79 Å². The second-order valence-corrected chi connectivity index (χ2v) is 28.1. The maximum Gasteiger partial charge on any atom is 0.328 e. The molecule has 0 bridgehead atoms. The third-order valence-corrected chi connectivity index (χ3v) is 17.4. The van der Waals surface area contributed by atoms with E-state index in [1.165, 1.54) is 6.92 Å². The van der Waals surface area contributed by atoms with Crippen LogP contribution in [0.1, 0.15) is 148 Å². The number of hydrogen-bond acceptors (Lipinski definition) is 23. The molecule has 0 fully saturated rings. The lowest BCUT2D eigenvalue weighted by atomic mass is 9.98. The normalized spacial score (nSPS) is 14.6. The van der Waals surface area contributed by atoms with Crippen LogP contribution < -0.4 is 104 Å². The van der Waals surface area contributed by atoms with Crippen molar-refractivity contribution in [3.8, 4) is 0 Å². The molecule has 40 heteroatoms. The van der Waals surface area contributed by atoms with Gasteiger partial charge in [0.1, 0.15) is 72.5 Å². The Bertz CT molecular complexity index is 3470. The molecule has 13 atom stereocenters. The van der Waals surface area contributed by atoms with Gasteiger partial charge in [-0.05, 0) is 133 Å². The predicted molar refractivity (Wildman–Crippen MR) is 409 cm³/mol. The van der Waals surface area contributed by atoms with E-state index in [0.29, 0.717) is 43.2 Å². The third kappa shape index (κ3) is 39.3. The van der Waals surface area contributed by atoms with Crippen LogP contribution in [0.4, 0.5) is 0 Å². The molecule has 0 aliphatic heterocycles. The van der Waals surface area contributed by atoms with Crippen LogP contribution in [0.5, 0.6) is 0 Å². The average molecular weight is 1600 g/mol. The topological polar surface area (TPSA) is 684 Å². The van der Waals surface area contributed by atoms with E-state index in [9.17, 15) is 102 Å². The highest BCUT2D eigenvalue weighted by Crippen LogP contribution is 2.15. The summed E-state index contributed by atoms with van der Waals surface area (Å²) in [4.78, 5) is 229. The average Bonchev–Trinajstić information content (AvgIpc) is 0.852. The van der Waals surface area contributed by atoms with Gasteiger partial charge in [-0.1, -0.05) is 88.4 Å². The van der Waals surface area contributed by atoms with Gasteiger partial charge >= 0.3 is 11.9 Å². The number of rotatable bonds is 57. The number of amides is 15. The van der Waals surface area contributed by atoms with Crippen molar-refractivity contribution in [3.05, 3.63) is 71.8 Å². The maximum absolute atomic E-state index is 14.7. The first-order valence-corrected chi connectivity index (χ1v) is 37.6. The summed E-state index contributed by atoms with van der Waals surface area (Å²) in [5, 5.41) is 71.1. The second kappa shape index (κ2) is 53.2. The van der Waals surface area contributed by atoms with Gasteiger partial charge in [-0.3, -0.25) is 76.7 Å². The van der Waals surface area contributed by atoms with Crippen LogP contribution in [0, 0.1) is 11.8 Å². The minimum absolute atomic E-state index is 0.00983. The van der Waals surface area contributed by atoms with Crippen LogP contribution >= 0.6 is 0 Å². The quantitative estimate of drug-likeness (QED) is 0.0274. The van der Waals surface area contributed by atoms with Crippen molar-refractivity contribution in [1.29, 1.82) is 0 Å². The van der Waals surface area contributed by atoms with Crippen molar-refractivity contribution >= 4 is 101 Å². The van der Waals surface area contributed by atoms with Crippen molar-refractivity contribution in [2.24, 2.45) is 46.2 Å². The molecule has 0 heterocycles. The molecule has 0 spiro atoms. The minimum Gasteiger partial charge on any atom is -0.481 e. The number of carboxylic acids is 2. The summed E-state index contributed by atoms with van der Waals surface area (Å²) < 4.78 is 0. The Hall–Kier alpha value is -10.8. The van der Waals surface area contributed by atoms with Crippen LogP contribution in [0.3, 0.4) is 0 Å². The molecule has 2 aromatic rings. The van der Waals surface area contributed by atoms with Crippen LogP contribution in [-0.2, 0) is 94.3 Å². The highest BCUT2D eigenvalue weighted by Gasteiger charge is 2.38. The molecule has 0 aliphatic rings. The maximum atomic E-state index is 14.7. The molecule has 0 unspecified atom stereocenters. The summed E-state index contributed by atoms with van der Waals surface area (Å²) in [6.07, 6.45) is -1.56. The first kappa shape index (κ1) is 98.3. The third-order valence-electron chi connectivity index (χ3n) is 17.4. The Morgan fingerprint density at radius 2 is 0.673 bits per heavy atom.